The lowest BCUT2D eigenvalue weighted by atomic mass is 10.0. The number of anilines is 1. The molecule has 17 heavy (non-hydrogen) atoms. The predicted molar refractivity (Wildman–Crippen MR) is 77.1 cm³/mol. The Balaban J connectivity index is 2.62. The Morgan fingerprint density at radius 1 is 1.00 bits per heavy atom. The normalized spacial score (nSPS) is 10.6. The summed E-state index contributed by atoms with van der Waals surface area (Å²) in [5.74, 6) is 0. The fourth-order valence-electron chi connectivity index (χ4n) is 2.13. The molecule has 0 aliphatic rings. The van der Waals surface area contributed by atoms with Crippen molar-refractivity contribution in [2.45, 2.75) is 33.6 Å². The first-order chi connectivity index (χ1) is 8.06. The van der Waals surface area contributed by atoms with Crippen molar-refractivity contribution in [1.82, 2.24) is 5.32 Å². The molecule has 0 atom stereocenters. The zero-order chi connectivity index (χ0) is 12.8. The van der Waals surface area contributed by atoms with Gasteiger partial charge in [-0.15, -0.1) is 0 Å². The van der Waals surface area contributed by atoms with Crippen LogP contribution in [0.4, 0.5) is 5.69 Å². The van der Waals surface area contributed by atoms with Gasteiger partial charge in [0.2, 0.25) is 0 Å². The molecule has 0 bridgehead atoms. The fourth-order valence-corrected chi connectivity index (χ4v) is 2.13. The van der Waals surface area contributed by atoms with Crippen molar-refractivity contribution in [3.63, 3.8) is 0 Å². The quantitative estimate of drug-likeness (QED) is 0.761. The second-order valence-electron chi connectivity index (χ2n) is 4.96. The topological polar surface area (TPSA) is 15.3 Å². The van der Waals surface area contributed by atoms with E-state index in [4.69, 9.17) is 0 Å². The number of hydrogen-bond donors (Lipinski definition) is 1. The highest BCUT2D eigenvalue weighted by molar-refractivity contribution is 5.56. The molecule has 1 aromatic carbocycles. The lowest BCUT2D eigenvalue weighted by molar-refractivity contribution is 0.670. The molecule has 0 heterocycles. The maximum Gasteiger partial charge on any atom is 0.0396 e. The molecular formula is C15H26N2. The van der Waals surface area contributed by atoms with E-state index < -0.39 is 0 Å². The Kier molecular flexibility index (Phi) is 5.49. The number of hydrogen-bond acceptors (Lipinski definition) is 2. The average Bonchev–Trinajstić information content (AvgIpc) is 2.29. The summed E-state index contributed by atoms with van der Waals surface area (Å²) in [5, 5.41) is 3.19. The molecule has 0 fully saturated rings. The Morgan fingerprint density at radius 3 is 2.29 bits per heavy atom. The molecule has 0 aliphatic carbocycles. The number of nitrogens with zero attached hydrogens (tertiary/aromatic N) is 1. The van der Waals surface area contributed by atoms with Crippen LogP contribution in [0.1, 0.15) is 29.5 Å². The van der Waals surface area contributed by atoms with E-state index >= 15 is 0 Å². The van der Waals surface area contributed by atoms with Crippen molar-refractivity contribution in [2.24, 2.45) is 0 Å². The highest BCUT2D eigenvalue weighted by atomic mass is 15.1. The third kappa shape index (κ3) is 4.04. The second kappa shape index (κ2) is 6.65. The summed E-state index contributed by atoms with van der Waals surface area (Å²) in [6.45, 7) is 8.81. The van der Waals surface area contributed by atoms with E-state index in [9.17, 15) is 0 Å². The van der Waals surface area contributed by atoms with E-state index in [2.05, 4.69) is 50.2 Å². The zero-order valence-corrected chi connectivity index (χ0v) is 11.9. The Morgan fingerprint density at radius 2 is 1.65 bits per heavy atom. The zero-order valence-electron chi connectivity index (χ0n) is 11.9. The Labute approximate surface area is 106 Å². The predicted octanol–water partition coefficient (Wildman–Crippen LogP) is 3.05. The van der Waals surface area contributed by atoms with Crippen LogP contribution < -0.4 is 10.2 Å². The standard InChI is InChI=1S/C15H26N2/c1-12-10-14(3)15(11-13(12)2)17(5)9-7-6-8-16-4/h10-11,16H,6-9H2,1-5H3. The summed E-state index contributed by atoms with van der Waals surface area (Å²) in [5.41, 5.74) is 5.52. The molecule has 0 unspecified atom stereocenters. The highest BCUT2D eigenvalue weighted by Gasteiger charge is 2.06. The molecule has 1 rings (SSSR count). The summed E-state index contributed by atoms with van der Waals surface area (Å²) >= 11 is 0. The van der Waals surface area contributed by atoms with E-state index in [1.54, 1.807) is 0 Å². The summed E-state index contributed by atoms with van der Waals surface area (Å²) in [7, 11) is 4.20. The van der Waals surface area contributed by atoms with Crippen molar-refractivity contribution in [2.75, 3.05) is 32.1 Å². The smallest absolute Gasteiger partial charge is 0.0396 e. The minimum absolute atomic E-state index is 1.11. The van der Waals surface area contributed by atoms with Gasteiger partial charge in [0, 0.05) is 19.3 Å². The first kappa shape index (κ1) is 14.0. The van der Waals surface area contributed by atoms with Crippen LogP contribution in [0.15, 0.2) is 12.1 Å². The summed E-state index contributed by atoms with van der Waals surface area (Å²) in [6, 6.07) is 4.59. The minimum Gasteiger partial charge on any atom is -0.374 e. The Bertz CT molecular complexity index is 358. The third-order valence-electron chi connectivity index (χ3n) is 3.39. The number of nitrogens with one attached hydrogen (secondary N) is 1. The van der Waals surface area contributed by atoms with Gasteiger partial charge in [-0.25, -0.2) is 0 Å². The maximum absolute atomic E-state index is 3.19. The van der Waals surface area contributed by atoms with Crippen molar-refractivity contribution in [3.05, 3.63) is 28.8 Å². The van der Waals surface area contributed by atoms with Gasteiger partial charge in [0.05, 0.1) is 0 Å². The van der Waals surface area contributed by atoms with Crippen LogP contribution in [0.2, 0.25) is 0 Å². The molecule has 0 saturated carbocycles. The summed E-state index contributed by atoms with van der Waals surface area (Å²) < 4.78 is 0. The lowest BCUT2D eigenvalue weighted by Crippen LogP contribution is -2.21. The second-order valence-corrected chi connectivity index (χ2v) is 4.96. The van der Waals surface area contributed by atoms with Crippen LogP contribution in [-0.4, -0.2) is 27.2 Å². The minimum atomic E-state index is 1.11. The molecule has 0 aliphatic heterocycles. The number of rotatable bonds is 6. The molecule has 0 amide bonds. The molecule has 0 saturated heterocycles. The van der Waals surface area contributed by atoms with E-state index in [-0.39, 0.29) is 0 Å². The molecule has 96 valence electrons. The largest absolute Gasteiger partial charge is 0.374 e. The van der Waals surface area contributed by atoms with Gasteiger partial charge in [-0.2, -0.15) is 0 Å². The van der Waals surface area contributed by atoms with E-state index in [1.165, 1.54) is 35.2 Å². The molecule has 0 aromatic heterocycles. The SMILES string of the molecule is CNCCCCN(C)c1cc(C)c(C)cc1C. The summed E-state index contributed by atoms with van der Waals surface area (Å²) in [6.07, 6.45) is 2.48. The van der Waals surface area contributed by atoms with Crippen molar-refractivity contribution in [3.8, 4) is 0 Å². The van der Waals surface area contributed by atoms with Gasteiger partial charge >= 0.3 is 0 Å². The number of unbranched alkanes of at least 4 members (excludes halogenated alkanes) is 1. The third-order valence-corrected chi connectivity index (χ3v) is 3.39. The van der Waals surface area contributed by atoms with Gasteiger partial charge in [-0.05, 0) is 70.0 Å². The number of benzene rings is 1. The highest BCUT2D eigenvalue weighted by Crippen LogP contribution is 2.23. The van der Waals surface area contributed by atoms with Crippen LogP contribution in [-0.2, 0) is 0 Å². The van der Waals surface area contributed by atoms with E-state index in [1.807, 2.05) is 7.05 Å². The van der Waals surface area contributed by atoms with E-state index in [0.717, 1.165) is 13.1 Å². The maximum atomic E-state index is 3.19. The molecule has 2 heteroatoms. The first-order valence-corrected chi connectivity index (χ1v) is 6.50. The van der Waals surface area contributed by atoms with Gasteiger partial charge in [0.25, 0.3) is 0 Å². The molecule has 1 N–H and O–H groups in total. The van der Waals surface area contributed by atoms with Crippen molar-refractivity contribution >= 4 is 5.69 Å². The van der Waals surface area contributed by atoms with Crippen LogP contribution in [0, 0.1) is 20.8 Å². The van der Waals surface area contributed by atoms with Gasteiger partial charge < -0.3 is 10.2 Å². The molecule has 0 spiro atoms. The fraction of sp³-hybridized carbons (Fsp3) is 0.600. The molecule has 1 aromatic rings. The molecule has 2 nitrogen and oxygen atoms in total. The summed E-state index contributed by atoms with van der Waals surface area (Å²) in [4.78, 5) is 2.37. The van der Waals surface area contributed by atoms with Crippen LogP contribution in [0.3, 0.4) is 0 Å². The molecule has 0 radical (unpaired) electrons. The average molecular weight is 234 g/mol. The van der Waals surface area contributed by atoms with Crippen LogP contribution in [0.5, 0.6) is 0 Å². The van der Waals surface area contributed by atoms with Gasteiger partial charge in [0.15, 0.2) is 0 Å². The number of aryl methyl sites for hydroxylation is 3. The van der Waals surface area contributed by atoms with Gasteiger partial charge in [-0.3, -0.25) is 0 Å². The van der Waals surface area contributed by atoms with Crippen molar-refractivity contribution < 1.29 is 0 Å². The molecular weight excluding hydrogens is 208 g/mol. The monoisotopic (exact) mass is 234 g/mol. The first-order valence-electron chi connectivity index (χ1n) is 6.50. The van der Waals surface area contributed by atoms with Crippen LogP contribution >= 0.6 is 0 Å². The van der Waals surface area contributed by atoms with Crippen LogP contribution in [0.25, 0.3) is 0 Å². The van der Waals surface area contributed by atoms with Crippen molar-refractivity contribution in [1.29, 1.82) is 0 Å². The lowest BCUT2D eigenvalue weighted by Gasteiger charge is -2.22. The van der Waals surface area contributed by atoms with Gasteiger partial charge in [-0.1, -0.05) is 6.07 Å². The van der Waals surface area contributed by atoms with Gasteiger partial charge in [0.1, 0.15) is 0 Å². The Hall–Kier alpha value is -1.02. The van der Waals surface area contributed by atoms with E-state index in [0.29, 0.717) is 0 Å².